The molecule has 1 atom stereocenters. The van der Waals surface area contributed by atoms with Crippen LogP contribution in [0.15, 0.2) is 60.2 Å². The zero-order valence-corrected chi connectivity index (χ0v) is 11.0. The van der Waals surface area contributed by atoms with Gasteiger partial charge >= 0.3 is 0 Å². The molecule has 0 aliphatic heterocycles. The second kappa shape index (κ2) is 4.78. The van der Waals surface area contributed by atoms with Crippen LogP contribution in [-0.2, 0) is 0 Å². The number of nitrogens with zero attached hydrogens (tertiary/aromatic N) is 2. The number of benzene rings is 1. The standard InChI is InChI=1S/C15H14N2S/c1-12(13-6-3-2-4-7-13)17-10-9-16-15(17)14-8-5-11-18-14/h2-12H,1H3. The van der Waals surface area contributed by atoms with Gasteiger partial charge in [-0.2, -0.15) is 0 Å². The second-order valence-corrected chi connectivity index (χ2v) is 5.17. The molecule has 0 amide bonds. The van der Waals surface area contributed by atoms with E-state index in [0.29, 0.717) is 6.04 Å². The van der Waals surface area contributed by atoms with Gasteiger partial charge in [-0.1, -0.05) is 36.4 Å². The number of hydrogen-bond acceptors (Lipinski definition) is 2. The molecule has 0 bridgehead atoms. The summed E-state index contributed by atoms with van der Waals surface area (Å²) in [4.78, 5) is 5.69. The summed E-state index contributed by atoms with van der Waals surface area (Å²) in [6, 6.07) is 15.0. The Morgan fingerprint density at radius 1 is 1.11 bits per heavy atom. The van der Waals surface area contributed by atoms with E-state index in [1.54, 1.807) is 11.3 Å². The lowest BCUT2D eigenvalue weighted by molar-refractivity contribution is 0.646. The highest BCUT2D eigenvalue weighted by molar-refractivity contribution is 7.13. The van der Waals surface area contributed by atoms with Gasteiger partial charge in [0, 0.05) is 12.4 Å². The van der Waals surface area contributed by atoms with E-state index >= 15 is 0 Å². The Morgan fingerprint density at radius 2 is 1.94 bits per heavy atom. The fourth-order valence-corrected chi connectivity index (χ4v) is 2.84. The fraction of sp³-hybridized carbons (Fsp3) is 0.133. The van der Waals surface area contributed by atoms with Crippen LogP contribution in [0.4, 0.5) is 0 Å². The summed E-state index contributed by atoms with van der Waals surface area (Å²) in [5.74, 6) is 1.04. The zero-order chi connectivity index (χ0) is 12.4. The lowest BCUT2D eigenvalue weighted by atomic mass is 10.1. The first-order chi connectivity index (χ1) is 8.86. The molecule has 3 aromatic rings. The summed E-state index contributed by atoms with van der Waals surface area (Å²) in [5.41, 5.74) is 1.30. The molecule has 90 valence electrons. The molecule has 3 rings (SSSR count). The van der Waals surface area contributed by atoms with Crippen LogP contribution in [0.25, 0.3) is 10.7 Å². The second-order valence-electron chi connectivity index (χ2n) is 4.22. The van der Waals surface area contributed by atoms with Gasteiger partial charge in [-0.05, 0) is 23.9 Å². The highest BCUT2D eigenvalue weighted by Crippen LogP contribution is 2.28. The van der Waals surface area contributed by atoms with Crippen LogP contribution in [0.2, 0.25) is 0 Å². The molecular weight excluding hydrogens is 240 g/mol. The molecule has 0 aliphatic carbocycles. The normalized spacial score (nSPS) is 12.5. The molecule has 2 heterocycles. The van der Waals surface area contributed by atoms with Crippen LogP contribution >= 0.6 is 11.3 Å². The minimum atomic E-state index is 0.297. The predicted molar refractivity (Wildman–Crippen MR) is 75.8 cm³/mol. The summed E-state index contributed by atoms with van der Waals surface area (Å²) in [7, 11) is 0. The Morgan fingerprint density at radius 3 is 2.67 bits per heavy atom. The third kappa shape index (κ3) is 1.97. The monoisotopic (exact) mass is 254 g/mol. The van der Waals surface area contributed by atoms with Crippen molar-refractivity contribution in [2.75, 3.05) is 0 Å². The Bertz CT molecular complexity index is 611. The van der Waals surface area contributed by atoms with Crippen molar-refractivity contribution < 1.29 is 0 Å². The Hall–Kier alpha value is -1.87. The van der Waals surface area contributed by atoms with Crippen molar-refractivity contribution in [3.05, 3.63) is 65.8 Å². The van der Waals surface area contributed by atoms with E-state index in [1.165, 1.54) is 10.4 Å². The smallest absolute Gasteiger partial charge is 0.150 e. The van der Waals surface area contributed by atoms with Gasteiger partial charge in [-0.15, -0.1) is 11.3 Å². The van der Waals surface area contributed by atoms with Crippen molar-refractivity contribution in [2.45, 2.75) is 13.0 Å². The molecule has 2 nitrogen and oxygen atoms in total. The van der Waals surface area contributed by atoms with E-state index in [0.717, 1.165) is 5.82 Å². The molecule has 1 unspecified atom stereocenters. The quantitative estimate of drug-likeness (QED) is 0.684. The van der Waals surface area contributed by atoms with E-state index < -0.39 is 0 Å². The molecule has 3 heteroatoms. The van der Waals surface area contributed by atoms with Gasteiger partial charge < -0.3 is 4.57 Å². The van der Waals surface area contributed by atoms with Gasteiger partial charge in [-0.3, -0.25) is 0 Å². The van der Waals surface area contributed by atoms with Crippen molar-refractivity contribution in [3.8, 4) is 10.7 Å². The first-order valence-corrected chi connectivity index (χ1v) is 6.86. The molecule has 0 saturated carbocycles. The molecule has 18 heavy (non-hydrogen) atoms. The Balaban J connectivity index is 2.01. The molecular formula is C15H14N2S. The summed E-state index contributed by atoms with van der Waals surface area (Å²) in [6.45, 7) is 2.20. The average molecular weight is 254 g/mol. The number of hydrogen-bond donors (Lipinski definition) is 0. The van der Waals surface area contributed by atoms with E-state index in [-0.39, 0.29) is 0 Å². The zero-order valence-electron chi connectivity index (χ0n) is 10.2. The molecule has 2 aromatic heterocycles. The molecule has 0 fully saturated rings. The first kappa shape index (κ1) is 11.2. The summed E-state index contributed by atoms with van der Waals surface area (Å²) >= 11 is 1.72. The topological polar surface area (TPSA) is 17.8 Å². The number of rotatable bonds is 3. The maximum Gasteiger partial charge on any atom is 0.150 e. The van der Waals surface area contributed by atoms with Crippen molar-refractivity contribution >= 4 is 11.3 Å². The van der Waals surface area contributed by atoms with Crippen molar-refractivity contribution in [2.24, 2.45) is 0 Å². The maximum absolute atomic E-state index is 4.48. The molecule has 0 spiro atoms. The molecule has 1 aromatic carbocycles. The van der Waals surface area contributed by atoms with Crippen LogP contribution in [0.3, 0.4) is 0 Å². The molecule has 0 aliphatic rings. The predicted octanol–water partition coefficient (Wildman–Crippen LogP) is 4.22. The van der Waals surface area contributed by atoms with Crippen molar-refractivity contribution in [1.29, 1.82) is 0 Å². The highest BCUT2D eigenvalue weighted by Gasteiger charge is 2.13. The molecule has 0 saturated heterocycles. The van der Waals surface area contributed by atoms with E-state index in [1.807, 2.05) is 18.5 Å². The minimum absolute atomic E-state index is 0.297. The largest absolute Gasteiger partial charge is 0.323 e. The van der Waals surface area contributed by atoms with E-state index in [2.05, 4.69) is 58.3 Å². The van der Waals surface area contributed by atoms with Crippen molar-refractivity contribution in [3.63, 3.8) is 0 Å². The van der Waals surface area contributed by atoms with Gasteiger partial charge in [0.1, 0.15) is 0 Å². The Kier molecular flexibility index (Phi) is 2.99. The Labute approximate surface area is 111 Å². The number of aromatic nitrogens is 2. The van der Waals surface area contributed by atoms with Crippen LogP contribution in [0.5, 0.6) is 0 Å². The van der Waals surface area contributed by atoms with Crippen LogP contribution in [-0.4, -0.2) is 9.55 Å². The number of imidazole rings is 1. The first-order valence-electron chi connectivity index (χ1n) is 5.98. The van der Waals surface area contributed by atoms with Crippen molar-refractivity contribution in [1.82, 2.24) is 9.55 Å². The highest BCUT2D eigenvalue weighted by atomic mass is 32.1. The van der Waals surface area contributed by atoms with E-state index in [9.17, 15) is 0 Å². The summed E-state index contributed by atoms with van der Waals surface area (Å²) in [6.07, 6.45) is 3.92. The third-order valence-electron chi connectivity index (χ3n) is 3.11. The molecule has 0 N–H and O–H groups in total. The SMILES string of the molecule is CC(c1ccccc1)n1ccnc1-c1cccs1. The summed E-state index contributed by atoms with van der Waals surface area (Å²) < 4.78 is 2.22. The third-order valence-corrected chi connectivity index (χ3v) is 3.98. The van der Waals surface area contributed by atoms with Gasteiger partial charge in [-0.25, -0.2) is 4.98 Å². The van der Waals surface area contributed by atoms with E-state index in [4.69, 9.17) is 0 Å². The van der Waals surface area contributed by atoms with Crippen LogP contribution in [0, 0.1) is 0 Å². The molecule has 0 radical (unpaired) electrons. The minimum Gasteiger partial charge on any atom is -0.323 e. The average Bonchev–Trinajstić information content (AvgIpc) is 3.09. The summed E-state index contributed by atoms with van der Waals surface area (Å²) in [5, 5.41) is 2.08. The van der Waals surface area contributed by atoms with Gasteiger partial charge in [0.05, 0.1) is 10.9 Å². The fourth-order valence-electron chi connectivity index (χ4n) is 2.11. The van der Waals surface area contributed by atoms with Gasteiger partial charge in [0.25, 0.3) is 0 Å². The van der Waals surface area contributed by atoms with Crippen LogP contribution < -0.4 is 0 Å². The van der Waals surface area contributed by atoms with Gasteiger partial charge in [0.2, 0.25) is 0 Å². The lowest BCUT2D eigenvalue weighted by Gasteiger charge is -2.16. The number of thiophene rings is 1. The van der Waals surface area contributed by atoms with Gasteiger partial charge in [0.15, 0.2) is 5.82 Å². The lowest BCUT2D eigenvalue weighted by Crippen LogP contribution is -2.06. The maximum atomic E-state index is 4.48. The van der Waals surface area contributed by atoms with Crippen LogP contribution in [0.1, 0.15) is 18.5 Å².